The van der Waals surface area contributed by atoms with Crippen molar-refractivity contribution in [3.8, 4) is 11.4 Å². The molecule has 14 heavy (non-hydrogen) atoms. The summed E-state index contributed by atoms with van der Waals surface area (Å²) in [7, 11) is 0. The summed E-state index contributed by atoms with van der Waals surface area (Å²) in [5, 5.41) is 13.5. The Kier molecular flexibility index (Phi) is 2.31. The number of hydrogen-bond donors (Lipinski definition) is 1. The lowest BCUT2D eigenvalue weighted by Crippen LogP contribution is -1.89. The normalized spacial score (nSPS) is 10.0. The number of aromatic nitrogens is 5. The van der Waals surface area contributed by atoms with Gasteiger partial charge >= 0.3 is 0 Å². The van der Waals surface area contributed by atoms with Gasteiger partial charge in [-0.2, -0.15) is 0 Å². The van der Waals surface area contributed by atoms with E-state index in [1.54, 1.807) is 6.20 Å². The molecule has 2 rings (SSSR count). The highest BCUT2D eigenvalue weighted by atomic mass is 15.5. The molecule has 0 aliphatic heterocycles. The Bertz CT molecular complexity index is 421. The van der Waals surface area contributed by atoms with Crippen LogP contribution in [-0.2, 0) is 6.42 Å². The van der Waals surface area contributed by atoms with Crippen LogP contribution in [0.15, 0.2) is 31.0 Å². The van der Waals surface area contributed by atoms with Gasteiger partial charge in [0.15, 0.2) is 5.82 Å². The van der Waals surface area contributed by atoms with Crippen LogP contribution in [0.5, 0.6) is 0 Å². The van der Waals surface area contributed by atoms with Crippen molar-refractivity contribution in [3.05, 3.63) is 36.7 Å². The second-order valence-corrected chi connectivity index (χ2v) is 2.78. The number of hydrogen-bond acceptors (Lipinski definition) is 4. The van der Waals surface area contributed by atoms with Gasteiger partial charge in [-0.1, -0.05) is 6.08 Å². The molecule has 5 nitrogen and oxygen atoms in total. The Balaban J connectivity index is 2.35. The van der Waals surface area contributed by atoms with Crippen LogP contribution in [0.2, 0.25) is 0 Å². The maximum absolute atomic E-state index is 4.19. The highest BCUT2D eigenvalue weighted by Gasteiger charge is 2.02. The van der Waals surface area contributed by atoms with E-state index >= 15 is 0 Å². The van der Waals surface area contributed by atoms with Crippen molar-refractivity contribution >= 4 is 0 Å². The van der Waals surface area contributed by atoms with E-state index < -0.39 is 0 Å². The van der Waals surface area contributed by atoms with E-state index in [9.17, 15) is 0 Å². The van der Waals surface area contributed by atoms with E-state index in [1.807, 2.05) is 18.2 Å². The van der Waals surface area contributed by atoms with Crippen LogP contribution in [0, 0.1) is 0 Å². The zero-order valence-corrected chi connectivity index (χ0v) is 7.51. The summed E-state index contributed by atoms with van der Waals surface area (Å²) in [6, 6.07) is 3.79. The first-order chi connectivity index (χ1) is 6.90. The molecule has 2 aromatic rings. The van der Waals surface area contributed by atoms with Crippen molar-refractivity contribution in [2.24, 2.45) is 0 Å². The van der Waals surface area contributed by atoms with E-state index in [1.165, 1.54) is 0 Å². The third kappa shape index (κ3) is 1.66. The topological polar surface area (TPSA) is 67.3 Å². The van der Waals surface area contributed by atoms with Gasteiger partial charge < -0.3 is 0 Å². The molecule has 0 fully saturated rings. The lowest BCUT2D eigenvalue weighted by molar-refractivity contribution is 0.881. The van der Waals surface area contributed by atoms with Crippen LogP contribution in [-0.4, -0.2) is 25.6 Å². The van der Waals surface area contributed by atoms with Crippen molar-refractivity contribution in [2.75, 3.05) is 0 Å². The van der Waals surface area contributed by atoms with Crippen LogP contribution in [0.1, 0.15) is 5.69 Å². The van der Waals surface area contributed by atoms with Gasteiger partial charge in [-0.05, 0) is 22.6 Å². The molecule has 5 heteroatoms. The predicted octanol–water partition coefficient (Wildman–Crippen LogP) is 0.990. The van der Waals surface area contributed by atoms with Gasteiger partial charge in [0.05, 0.1) is 0 Å². The van der Waals surface area contributed by atoms with E-state index in [4.69, 9.17) is 0 Å². The number of H-pyrrole nitrogens is 1. The number of rotatable bonds is 3. The van der Waals surface area contributed by atoms with Crippen molar-refractivity contribution in [2.45, 2.75) is 6.42 Å². The van der Waals surface area contributed by atoms with Gasteiger partial charge in [-0.25, -0.2) is 5.10 Å². The quantitative estimate of drug-likeness (QED) is 0.727. The fourth-order valence-electron chi connectivity index (χ4n) is 1.17. The fourth-order valence-corrected chi connectivity index (χ4v) is 1.17. The third-order valence-electron chi connectivity index (χ3n) is 1.79. The van der Waals surface area contributed by atoms with Crippen molar-refractivity contribution in [3.63, 3.8) is 0 Å². The summed E-state index contributed by atoms with van der Waals surface area (Å²) in [4.78, 5) is 4.19. The number of nitrogens with one attached hydrogen (secondary N) is 1. The summed E-state index contributed by atoms with van der Waals surface area (Å²) in [5.74, 6) is 0.651. The standard InChI is InChI=1S/C9H9N5/c1-2-3-8-6-7(4-5-10-8)9-11-13-14-12-9/h2,4-6H,1,3H2,(H,11,12,13,14). The maximum atomic E-state index is 4.19. The molecule has 0 aliphatic carbocycles. The summed E-state index contributed by atoms with van der Waals surface area (Å²) >= 11 is 0. The molecule has 2 heterocycles. The largest absolute Gasteiger partial charge is 0.261 e. The Hall–Kier alpha value is -2.04. The summed E-state index contributed by atoms with van der Waals surface area (Å²) in [5.41, 5.74) is 1.88. The average molecular weight is 187 g/mol. The van der Waals surface area contributed by atoms with Crippen LogP contribution < -0.4 is 0 Å². The molecule has 1 N–H and O–H groups in total. The molecule has 0 saturated heterocycles. The Morgan fingerprint density at radius 1 is 1.50 bits per heavy atom. The molecule has 0 amide bonds. The first-order valence-electron chi connectivity index (χ1n) is 4.20. The molecule has 0 spiro atoms. The number of aromatic amines is 1. The number of nitrogens with zero attached hydrogens (tertiary/aromatic N) is 4. The van der Waals surface area contributed by atoms with Crippen molar-refractivity contribution in [1.29, 1.82) is 0 Å². The SMILES string of the molecule is C=CCc1cc(-c2nnn[nH]2)ccn1. The van der Waals surface area contributed by atoms with Crippen LogP contribution in [0.25, 0.3) is 11.4 Å². The minimum Gasteiger partial charge on any atom is -0.261 e. The van der Waals surface area contributed by atoms with E-state index in [-0.39, 0.29) is 0 Å². The molecule has 0 radical (unpaired) electrons. The molecule has 0 aliphatic rings. The molecular formula is C9H9N5. The highest BCUT2D eigenvalue weighted by Crippen LogP contribution is 2.13. The zero-order chi connectivity index (χ0) is 9.80. The van der Waals surface area contributed by atoms with Gasteiger partial charge in [0.25, 0.3) is 0 Å². The lowest BCUT2D eigenvalue weighted by atomic mass is 10.2. The zero-order valence-electron chi connectivity index (χ0n) is 7.51. The number of tetrazole rings is 1. The second-order valence-electron chi connectivity index (χ2n) is 2.78. The minimum absolute atomic E-state index is 0.651. The first kappa shape index (κ1) is 8.55. The maximum Gasteiger partial charge on any atom is 0.179 e. The van der Waals surface area contributed by atoms with Crippen molar-refractivity contribution < 1.29 is 0 Å². The molecular weight excluding hydrogens is 178 g/mol. The van der Waals surface area contributed by atoms with Gasteiger partial charge in [-0.3, -0.25) is 4.98 Å². The molecule has 2 aromatic heterocycles. The number of pyridine rings is 1. The van der Waals surface area contributed by atoms with Gasteiger partial charge in [0, 0.05) is 23.9 Å². The summed E-state index contributed by atoms with van der Waals surface area (Å²) < 4.78 is 0. The first-order valence-corrected chi connectivity index (χ1v) is 4.20. The van der Waals surface area contributed by atoms with Crippen LogP contribution in [0.3, 0.4) is 0 Å². The van der Waals surface area contributed by atoms with E-state index in [0.717, 1.165) is 17.7 Å². The molecule has 70 valence electrons. The number of allylic oxidation sites excluding steroid dienone is 1. The van der Waals surface area contributed by atoms with Crippen LogP contribution >= 0.6 is 0 Å². The molecule has 0 aromatic carbocycles. The van der Waals surface area contributed by atoms with Gasteiger partial charge in [-0.15, -0.1) is 11.7 Å². The highest BCUT2D eigenvalue weighted by molar-refractivity contribution is 5.53. The lowest BCUT2D eigenvalue weighted by Gasteiger charge is -1.98. The second kappa shape index (κ2) is 3.78. The molecule has 0 atom stereocenters. The van der Waals surface area contributed by atoms with E-state index in [0.29, 0.717) is 5.82 Å². The predicted molar refractivity (Wildman–Crippen MR) is 51.3 cm³/mol. The average Bonchev–Trinajstić information content (AvgIpc) is 2.71. The molecule has 0 bridgehead atoms. The van der Waals surface area contributed by atoms with Crippen molar-refractivity contribution in [1.82, 2.24) is 25.6 Å². The summed E-state index contributed by atoms with van der Waals surface area (Å²) in [6.45, 7) is 3.66. The fraction of sp³-hybridized carbons (Fsp3) is 0.111. The van der Waals surface area contributed by atoms with Gasteiger partial charge in [0.2, 0.25) is 0 Å². The Morgan fingerprint density at radius 3 is 3.14 bits per heavy atom. The smallest absolute Gasteiger partial charge is 0.179 e. The molecule has 0 saturated carbocycles. The van der Waals surface area contributed by atoms with E-state index in [2.05, 4.69) is 32.2 Å². The monoisotopic (exact) mass is 187 g/mol. The Labute approximate surface area is 80.9 Å². The van der Waals surface area contributed by atoms with Gasteiger partial charge in [0.1, 0.15) is 0 Å². The third-order valence-corrected chi connectivity index (χ3v) is 1.79. The molecule has 0 unspecified atom stereocenters. The minimum atomic E-state index is 0.651. The Morgan fingerprint density at radius 2 is 2.43 bits per heavy atom. The van der Waals surface area contributed by atoms with Crippen LogP contribution in [0.4, 0.5) is 0 Å². The summed E-state index contributed by atoms with van der Waals surface area (Å²) in [6.07, 6.45) is 4.29.